The van der Waals surface area contributed by atoms with Gasteiger partial charge in [0, 0.05) is 18.5 Å². The van der Waals surface area contributed by atoms with Gasteiger partial charge in [0.2, 0.25) is 5.79 Å². The number of nitrogens with one attached hydrogen (secondary N) is 1. The van der Waals surface area contributed by atoms with E-state index in [4.69, 9.17) is 19.2 Å². The molecular weight excluding hydrogens is 447 g/mol. The third-order valence-corrected chi connectivity index (χ3v) is 6.12. The van der Waals surface area contributed by atoms with E-state index in [0.717, 1.165) is 49.0 Å². The Labute approximate surface area is 197 Å². The van der Waals surface area contributed by atoms with Crippen LogP contribution < -0.4 is 10.1 Å². The van der Waals surface area contributed by atoms with Gasteiger partial charge in [0.1, 0.15) is 17.5 Å². The third-order valence-electron chi connectivity index (χ3n) is 6.12. The van der Waals surface area contributed by atoms with Gasteiger partial charge in [-0.1, -0.05) is 18.7 Å². The SMILES string of the molecule is C=C(c1ccc(OC(C)(C)CNc2ccc(C(F)(F)F)cc2)cc1)C1COC2(CCCC2)OO1. The first kappa shape index (κ1) is 24.6. The normalized spacial score (nSPS) is 20.3. The van der Waals surface area contributed by atoms with Crippen molar-refractivity contribution in [3.05, 3.63) is 66.2 Å². The van der Waals surface area contributed by atoms with E-state index in [1.165, 1.54) is 12.1 Å². The van der Waals surface area contributed by atoms with Gasteiger partial charge in [0.15, 0.2) is 0 Å². The summed E-state index contributed by atoms with van der Waals surface area (Å²) in [5.41, 5.74) is 0.971. The number of hydrogen-bond donors (Lipinski definition) is 1. The maximum atomic E-state index is 12.7. The molecule has 0 bridgehead atoms. The molecule has 1 spiro atoms. The maximum absolute atomic E-state index is 12.7. The van der Waals surface area contributed by atoms with Crippen LogP contribution in [0.4, 0.5) is 18.9 Å². The Hall–Kier alpha value is -2.55. The monoisotopic (exact) mass is 477 g/mol. The van der Waals surface area contributed by atoms with E-state index in [1.807, 2.05) is 38.1 Å². The zero-order valence-electron chi connectivity index (χ0n) is 19.4. The van der Waals surface area contributed by atoms with Crippen LogP contribution in [0.2, 0.25) is 0 Å². The van der Waals surface area contributed by atoms with Crippen molar-refractivity contribution in [2.24, 2.45) is 0 Å². The van der Waals surface area contributed by atoms with Crippen LogP contribution in [0.25, 0.3) is 5.57 Å². The highest BCUT2D eigenvalue weighted by atomic mass is 19.4. The van der Waals surface area contributed by atoms with Crippen molar-refractivity contribution in [1.29, 1.82) is 0 Å². The van der Waals surface area contributed by atoms with E-state index < -0.39 is 23.1 Å². The molecule has 0 aromatic heterocycles. The van der Waals surface area contributed by atoms with Crippen molar-refractivity contribution in [2.75, 3.05) is 18.5 Å². The van der Waals surface area contributed by atoms with Crippen LogP contribution in [0.3, 0.4) is 0 Å². The van der Waals surface area contributed by atoms with Gasteiger partial charge in [-0.15, -0.1) is 0 Å². The minimum Gasteiger partial charge on any atom is -0.486 e. The fourth-order valence-electron chi connectivity index (χ4n) is 4.10. The first-order valence-corrected chi connectivity index (χ1v) is 11.4. The summed E-state index contributed by atoms with van der Waals surface area (Å²) in [7, 11) is 0. The molecule has 1 heterocycles. The van der Waals surface area contributed by atoms with Crippen LogP contribution in [-0.4, -0.2) is 30.6 Å². The van der Waals surface area contributed by atoms with E-state index in [0.29, 0.717) is 24.6 Å². The molecule has 2 aromatic rings. The Morgan fingerprint density at radius 3 is 2.26 bits per heavy atom. The van der Waals surface area contributed by atoms with Gasteiger partial charge >= 0.3 is 6.18 Å². The Morgan fingerprint density at radius 1 is 1.06 bits per heavy atom. The number of alkyl halides is 3. The standard InChI is InChI=1S/C26H30F3NO4/c1-18(23-16-31-25(34-33-23)14-4-5-15-25)19-6-12-22(13-7-19)32-24(2,3)17-30-21-10-8-20(9-11-21)26(27,28)29/h6-13,23,30H,1,4-5,14-17H2,2-3H3. The van der Waals surface area contributed by atoms with Crippen molar-refractivity contribution in [2.45, 2.75) is 63.2 Å². The summed E-state index contributed by atoms with van der Waals surface area (Å²) < 4.78 is 50.2. The second-order valence-electron chi connectivity index (χ2n) is 9.44. The Morgan fingerprint density at radius 2 is 1.71 bits per heavy atom. The summed E-state index contributed by atoms with van der Waals surface area (Å²) >= 11 is 0. The maximum Gasteiger partial charge on any atom is 0.416 e. The highest BCUT2D eigenvalue weighted by Gasteiger charge is 2.42. The molecule has 1 N–H and O–H groups in total. The highest BCUT2D eigenvalue weighted by Crippen LogP contribution is 2.39. The van der Waals surface area contributed by atoms with Crippen LogP contribution in [0.5, 0.6) is 5.75 Å². The molecule has 1 saturated carbocycles. The fraction of sp³-hybridized carbons (Fsp3) is 0.462. The van der Waals surface area contributed by atoms with Crippen LogP contribution in [0.15, 0.2) is 55.1 Å². The molecule has 184 valence electrons. The van der Waals surface area contributed by atoms with Gasteiger partial charge in [-0.25, -0.2) is 9.78 Å². The second kappa shape index (κ2) is 9.60. The molecule has 1 unspecified atom stereocenters. The smallest absolute Gasteiger partial charge is 0.416 e. The number of ether oxygens (including phenoxy) is 2. The van der Waals surface area contributed by atoms with E-state index in [-0.39, 0.29) is 6.10 Å². The van der Waals surface area contributed by atoms with E-state index in [2.05, 4.69) is 11.9 Å². The zero-order chi connectivity index (χ0) is 24.4. The molecule has 4 rings (SSSR count). The molecular formula is C26H30F3NO4. The van der Waals surface area contributed by atoms with Gasteiger partial charge in [-0.2, -0.15) is 13.2 Å². The van der Waals surface area contributed by atoms with Gasteiger partial charge in [0.25, 0.3) is 0 Å². The topological polar surface area (TPSA) is 49.0 Å². The largest absolute Gasteiger partial charge is 0.486 e. The van der Waals surface area contributed by atoms with E-state index >= 15 is 0 Å². The molecule has 1 aliphatic heterocycles. The molecule has 5 nitrogen and oxygen atoms in total. The lowest BCUT2D eigenvalue weighted by molar-refractivity contribution is -0.475. The summed E-state index contributed by atoms with van der Waals surface area (Å²) in [6.45, 7) is 8.76. The minimum absolute atomic E-state index is 0.373. The first-order chi connectivity index (χ1) is 16.1. The fourth-order valence-corrected chi connectivity index (χ4v) is 4.10. The van der Waals surface area contributed by atoms with Crippen molar-refractivity contribution in [3.8, 4) is 5.75 Å². The third kappa shape index (κ3) is 5.92. The van der Waals surface area contributed by atoms with Gasteiger partial charge in [-0.05, 0) is 74.2 Å². The molecule has 2 aromatic carbocycles. The molecule has 8 heteroatoms. The van der Waals surface area contributed by atoms with Crippen molar-refractivity contribution in [3.63, 3.8) is 0 Å². The second-order valence-corrected chi connectivity index (χ2v) is 9.44. The minimum atomic E-state index is -4.35. The zero-order valence-corrected chi connectivity index (χ0v) is 19.4. The van der Waals surface area contributed by atoms with Crippen molar-refractivity contribution in [1.82, 2.24) is 0 Å². The lowest BCUT2D eigenvalue weighted by Crippen LogP contribution is -2.43. The van der Waals surface area contributed by atoms with E-state index in [1.54, 1.807) is 0 Å². The molecule has 2 fully saturated rings. The van der Waals surface area contributed by atoms with Crippen LogP contribution in [-0.2, 0) is 20.7 Å². The molecule has 1 atom stereocenters. The van der Waals surface area contributed by atoms with Crippen molar-refractivity contribution >= 4 is 11.3 Å². The molecule has 1 saturated heterocycles. The van der Waals surface area contributed by atoms with Crippen LogP contribution in [0.1, 0.15) is 50.7 Å². The summed E-state index contributed by atoms with van der Waals surface area (Å²) in [6, 6.07) is 12.4. The summed E-state index contributed by atoms with van der Waals surface area (Å²) in [4.78, 5) is 11.2. The average molecular weight is 478 g/mol. The Balaban J connectivity index is 1.28. The molecule has 1 aliphatic carbocycles. The van der Waals surface area contributed by atoms with Crippen LogP contribution >= 0.6 is 0 Å². The van der Waals surface area contributed by atoms with Gasteiger partial charge < -0.3 is 14.8 Å². The van der Waals surface area contributed by atoms with Crippen molar-refractivity contribution < 1.29 is 32.4 Å². The Kier molecular flexibility index (Phi) is 6.94. The summed E-state index contributed by atoms with van der Waals surface area (Å²) in [5, 5.41) is 3.13. The summed E-state index contributed by atoms with van der Waals surface area (Å²) in [6.07, 6.45) is -0.870. The van der Waals surface area contributed by atoms with Gasteiger partial charge in [-0.3, -0.25) is 0 Å². The number of rotatable bonds is 7. The molecule has 0 radical (unpaired) electrons. The lowest BCUT2D eigenvalue weighted by atomic mass is 10.0. The number of benzene rings is 2. The Bertz CT molecular complexity index is 971. The van der Waals surface area contributed by atoms with Crippen LogP contribution in [0, 0.1) is 0 Å². The molecule has 0 amide bonds. The predicted molar refractivity (Wildman–Crippen MR) is 123 cm³/mol. The lowest BCUT2D eigenvalue weighted by Gasteiger charge is -2.36. The average Bonchev–Trinajstić information content (AvgIpc) is 3.26. The first-order valence-electron chi connectivity index (χ1n) is 11.4. The number of hydrogen-bond acceptors (Lipinski definition) is 5. The number of halogens is 3. The van der Waals surface area contributed by atoms with E-state index in [9.17, 15) is 13.2 Å². The highest BCUT2D eigenvalue weighted by molar-refractivity contribution is 5.67. The number of anilines is 1. The quantitative estimate of drug-likeness (QED) is 0.455. The summed E-state index contributed by atoms with van der Waals surface area (Å²) in [5.74, 6) is 0.0758. The molecule has 2 aliphatic rings. The molecule has 34 heavy (non-hydrogen) atoms. The predicted octanol–water partition coefficient (Wildman–Crippen LogP) is 6.61. The van der Waals surface area contributed by atoms with Gasteiger partial charge in [0.05, 0.1) is 18.7 Å².